The molecule has 1 aromatic carbocycles. The molecule has 0 bridgehead atoms. The minimum absolute atomic E-state index is 0.148. The number of hydrogen-bond donors (Lipinski definition) is 1. The number of fused-ring (bicyclic) bond motifs is 1. The van der Waals surface area contributed by atoms with Gasteiger partial charge in [0.15, 0.2) is 11.6 Å². The van der Waals surface area contributed by atoms with Gasteiger partial charge in [0, 0.05) is 36.7 Å². The molecule has 0 fully saturated rings. The number of pyridine rings is 1. The zero-order chi connectivity index (χ0) is 29.6. The van der Waals surface area contributed by atoms with Gasteiger partial charge in [-0.2, -0.15) is 5.10 Å². The van der Waals surface area contributed by atoms with Gasteiger partial charge in [-0.3, -0.25) is 5.01 Å². The average Bonchev–Trinajstić information content (AvgIpc) is 2.91. The summed E-state index contributed by atoms with van der Waals surface area (Å²) < 4.78 is 32.3. The fourth-order valence-corrected chi connectivity index (χ4v) is 4.60. The van der Waals surface area contributed by atoms with Crippen molar-refractivity contribution in [1.82, 2.24) is 9.99 Å². The first-order valence-corrected chi connectivity index (χ1v) is 13.2. The number of ether oxygens (including phenoxy) is 3. The molecule has 0 saturated carbocycles. The number of hydrazone groups is 1. The summed E-state index contributed by atoms with van der Waals surface area (Å²) >= 11 is 0. The van der Waals surface area contributed by atoms with Crippen molar-refractivity contribution in [3.05, 3.63) is 89.1 Å². The number of hydrogen-bond acceptors (Lipinski definition) is 7. The number of aromatic nitrogens is 1. The smallest absolute Gasteiger partial charge is 0.213 e. The van der Waals surface area contributed by atoms with Crippen molar-refractivity contribution in [2.75, 3.05) is 20.8 Å². The van der Waals surface area contributed by atoms with E-state index in [9.17, 15) is 5.11 Å². The zero-order valence-electron chi connectivity index (χ0n) is 24.5. The quantitative estimate of drug-likeness (QED) is 0.148. The topological polar surface area (TPSA) is 76.4 Å². The van der Waals surface area contributed by atoms with Crippen LogP contribution < -0.4 is 9.47 Å². The Morgan fingerprint density at radius 3 is 2.67 bits per heavy atom. The molecule has 0 amide bonds. The molecule has 3 rings (SSSR count). The van der Waals surface area contributed by atoms with Crippen LogP contribution in [0.1, 0.15) is 56.4 Å². The van der Waals surface area contributed by atoms with E-state index in [4.69, 9.17) is 14.2 Å². The summed E-state index contributed by atoms with van der Waals surface area (Å²) in [6, 6.07) is 5.11. The van der Waals surface area contributed by atoms with Crippen LogP contribution in [-0.4, -0.2) is 53.8 Å². The summed E-state index contributed by atoms with van der Waals surface area (Å²) in [5.74, 6) is 0.226. The van der Waals surface area contributed by atoms with Gasteiger partial charge in [0.2, 0.25) is 5.88 Å². The van der Waals surface area contributed by atoms with Crippen LogP contribution in [-0.2, 0) is 11.2 Å². The summed E-state index contributed by atoms with van der Waals surface area (Å²) in [6.07, 6.45) is 7.56. The summed E-state index contributed by atoms with van der Waals surface area (Å²) in [5, 5.41) is 16.8. The Kier molecular flexibility index (Phi) is 9.93. The van der Waals surface area contributed by atoms with Crippen molar-refractivity contribution < 1.29 is 23.7 Å². The Morgan fingerprint density at radius 2 is 2.02 bits per heavy atom. The van der Waals surface area contributed by atoms with Crippen LogP contribution in [0.2, 0.25) is 0 Å². The zero-order valence-corrected chi connectivity index (χ0v) is 24.5. The maximum absolute atomic E-state index is 15.3. The van der Waals surface area contributed by atoms with Crippen molar-refractivity contribution in [2.24, 2.45) is 5.10 Å². The standard InChI is InChI=1S/C32H40FN3O4/c1-20(24-14-16-34-28(18-24)38-9)12-10-15-35-36(8)29(22(3)30(23(4)37)40-32(5,6)7)26-19-27(33)31-25(21(26)2)13-11-17-39-31/h10,12,14-16,18-19,30,37H,1,4,11,13,17H2,2-3,5-9H3/b12-10+,29-22+,35-15+/t30-/m0/s1. The predicted octanol–water partition coefficient (Wildman–Crippen LogP) is 7.04. The third kappa shape index (κ3) is 7.39. The summed E-state index contributed by atoms with van der Waals surface area (Å²) in [6.45, 7) is 17.8. The third-order valence-corrected chi connectivity index (χ3v) is 6.49. The first-order chi connectivity index (χ1) is 18.8. The molecule has 40 heavy (non-hydrogen) atoms. The number of rotatable bonds is 10. The van der Waals surface area contributed by atoms with E-state index in [0.29, 0.717) is 41.5 Å². The van der Waals surface area contributed by atoms with Crippen molar-refractivity contribution in [2.45, 2.75) is 59.2 Å². The van der Waals surface area contributed by atoms with Gasteiger partial charge in [-0.15, -0.1) is 0 Å². The minimum atomic E-state index is -0.834. The van der Waals surface area contributed by atoms with Gasteiger partial charge in [0.25, 0.3) is 0 Å². The normalized spacial score (nSPS) is 14.9. The van der Waals surface area contributed by atoms with Crippen LogP contribution in [0.4, 0.5) is 4.39 Å². The Morgan fingerprint density at radius 1 is 1.30 bits per heavy atom. The van der Waals surface area contributed by atoms with Gasteiger partial charge in [0.1, 0.15) is 11.9 Å². The lowest BCUT2D eigenvalue weighted by molar-refractivity contribution is -0.0414. The third-order valence-electron chi connectivity index (χ3n) is 6.49. The van der Waals surface area contributed by atoms with E-state index in [1.54, 1.807) is 43.7 Å². The molecule has 1 aliphatic heterocycles. The molecule has 0 saturated heterocycles. The lowest BCUT2D eigenvalue weighted by atomic mass is 9.91. The van der Waals surface area contributed by atoms with Crippen LogP contribution in [0, 0.1) is 12.7 Å². The molecule has 0 spiro atoms. The van der Waals surface area contributed by atoms with Crippen LogP contribution >= 0.6 is 0 Å². The SMILES string of the molecule is C=C(/C=C/C=N/N(C)/C(=C(\C)[C@H](OC(C)(C)C)C(=C)O)c1cc(F)c2c(c1C)CCCO2)c1ccnc(OC)c1. The number of methoxy groups -OCH3 is 1. The van der Waals surface area contributed by atoms with Crippen molar-refractivity contribution in [3.8, 4) is 11.6 Å². The predicted molar refractivity (Wildman–Crippen MR) is 159 cm³/mol. The molecule has 0 aliphatic carbocycles. The first kappa shape index (κ1) is 30.6. The van der Waals surface area contributed by atoms with Crippen LogP contribution in [0.25, 0.3) is 11.3 Å². The lowest BCUT2D eigenvalue weighted by Gasteiger charge is -2.31. The number of benzene rings is 1. The second kappa shape index (κ2) is 13.0. The Labute approximate surface area is 237 Å². The maximum Gasteiger partial charge on any atom is 0.213 e. The minimum Gasteiger partial charge on any atom is -0.510 e. The molecule has 0 unspecified atom stereocenters. The molecule has 1 atom stereocenters. The van der Waals surface area contributed by atoms with E-state index in [1.807, 2.05) is 46.8 Å². The molecule has 214 valence electrons. The van der Waals surface area contributed by atoms with Crippen molar-refractivity contribution >= 4 is 17.5 Å². The summed E-state index contributed by atoms with van der Waals surface area (Å²) in [7, 11) is 3.33. The van der Waals surface area contributed by atoms with E-state index in [1.165, 1.54) is 6.07 Å². The Hall–Kier alpha value is -3.91. The van der Waals surface area contributed by atoms with Gasteiger partial charge in [0.05, 0.1) is 25.0 Å². The molecule has 1 N–H and O–H groups in total. The highest BCUT2D eigenvalue weighted by molar-refractivity contribution is 5.81. The average molecular weight is 550 g/mol. The molecule has 7 nitrogen and oxygen atoms in total. The largest absolute Gasteiger partial charge is 0.510 e. The van der Waals surface area contributed by atoms with Gasteiger partial charge < -0.3 is 19.3 Å². The van der Waals surface area contributed by atoms with E-state index >= 15 is 4.39 Å². The van der Waals surface area contributed by atoms with Gasteiger partial charge in [-0.25, -0.2) is 9.37 Å². The number of allylic oxidation sites excluding steroid dienone is 3. The highest BCUT2D eigenvalue weighted by Crippen LogP contribution is 2.38. The molecular weight excluding hydrogens is 509 g/mol. The second-order valence-electron chi connectivity index (χ2n) is 10.7. The lowest BCUT2D eigenvalue weighted by Crippen LogP contribution is -2.31. The highest BCUT2D eigenvalue weighted by Gasteiger charge is 2.29. The molecule has 8 heteroatoms. The van der Waals surface area contributed by atoms with Crippen LogP contribution in [0.5, 0.6) is 11.6 Å². The maximum atomic E-state index is 15.3. The number of nitrogens with zero attached hydrogens (tertiary/aromatic N) is 3. The second-order valence-corrected chi connectivity index (χ2v) is 10.7. The van der Waals surface area contributed by atoms with Crippen molar-refractivity contribution in [3.63, 3.8) is 0 Å². The van der Waals surface area contributed by atoms with E-state index in [0.717, 1.165) is 28.7 Å². The molecule has 2 heterocycles. The van der Waals surface area contributed by atoms with Crippen molar-refractivity contribution in [1.29, 1.82) is 0 Å². The van der Waals surface area contributed by atoms with E-state index in [2.05, 4.69) is 23.2 Å². The number of aliphatic hydroxyl groups is 1. The van der Waals surface area contributed by atoms with E-state index < -0.39 is 17.5 Å². The highest BCUT2D eigenvalue weighted by atomic mass is 19.1. The van der Waals surface area contributed by atoms with Crippen LogP contribution in [0.15, 0.2) is 66.1 Å². The molecule has 2 aromatic rings. The van der Waals surface area contributed by atoms with Gasteiger partial charge in [-0.05, 0) is 87.9 Å². The summed E-state index contributed by atoms with van der Waals surface area (Å²) in [4.78, 5) is 4.12. The van der Waals surface area contributed by atoms with Gasteiger partial charge >= 0.3 is 0 Å². The van der Waals surface area contributed by atoms with Crippen LogP contribution in [0.3, 0.4) is 0 Å². The Balaban J connectivity index is 2.04. The van der Waals surface area contributed by atoms with E-state index in [-0.39, 0.29) is 5.76 Å². The number of aliphatic hydroxyl groups excluding tert-OH is 1. The monoisotopic (exact) mass is 549 g/mol. The first-order valence-electron chi connectivity index (χ1n) is 13.2. The molecular formula is C32H40FN3O4. The number of halogens is 1. The molecule has 1 aromatic heterocycles. The summed E-state index contributed by atoms with van der Waals surface area (Å²) in [5.41, 5.74) is 4.64. The molecule has 0 radical (unpaired) electrons. The molecule has 1 aliphatic rings. The van der Waals surface area contributed by atoms with Gasteiger partial charge in [-0.1, -0.05) is 19.2 Å². The fraction of sp³-hybridized carbons (Fsp3) is 0.375. The fourth-order valence-electron chi connectivity index (χ4n) is 4.60. The Bertz CT molecular complexity index is 1350.